The van der Waals surface area contributed by atoms with E-state index in [1.54, 1.807) is 0 Å². The van der Waals surface area contributed by atoms with Gasteiger partial charge in [-0.1, -0.05) is 19.1 Å². The van der Waals surface area contributed by atoms with Gasteiger partial charge in [-0.3, -0.25) is 14.5 Å². The van der Waals surface area contributed by atoms with E-state index in [1.807, 2.05) is 12.1 Å². The quantitative estimate of drug-likeness (QED) is 0.783. The van der Waals surface area contributed by atoms with Crippen molar-refractivity contribution in [2.24, 2.45) is 0 Å². The summed E-state index contributed by atoms with van der Waals surface area (Å²) in [5, 5.41) is 3.00. The van der Waals surface area contributed by atoms with Crippen LogP contribution in [0.4, 0.5) is 0 Å². The molecule has 0 aromatic heterocycles. The highest BCUT2D eigenvalue weighted by atomic mass is 16.2. The summed E-state index contributed by atoms with van der Waals surface area (Å²) in [6.45, 7) is 5.04. The van der Waals surface area contributed by atoms with Gasteiger partial charge in [-0.05, 0) is 62.4 Å². The van der Waals surface area contributed by atoms with Crippen LogP contribution in [0.2, 0.25) is 0 Å². The van der Waals surface area contributed by atoms with Gasteiger partial charge in [-0.15, -0.1) is 0 Å². The molecule has 3 rings (SSSR count). The van der Waals surface area contributed by atoms with Crippen LogP contribution in [0.1, 0.15) is 60.5 Å². The predicted octanol–water partition coefficient (Wildman–Crippen LogP) is 2.74. The first-order valence-corrected chi connectivity index (χ1v) is 9.33. The summed E-state index contributed by atoms with van der Waals surface area (Å²) < 4.78 is 0. The molecule has 1 N–H and O–H groups in total. The minimum absolute atomic E-state index is 0.00698. The molecule has 0 saturated carbocycles. The van der Waals surface area contributed by atoms with Gasteiger partial charge in [-0.25, -0.2) is 0 Å². The molecule has 1 aliphatic carbocycles. The molecule has 0 spiro atoms. The van der Waals surface area contributed by atoms with Crippen LogP contribution in [0.3, 0.4) is 0 Å². The van der Waals surface area contributed by atoms with Gasteiger partial charge in [0.25, 0.3) is 0 Å². The fraction of sp³-hybridized carbons (Fsp3) is 0.600. The lowest BCUT2D eigenvalue weighted by Crippen LogP contribution is -2.40. The number of amides is 1. The number of hydrogen-bond acceptors (Lipinski definition) is 3. The van der Waals surface area contributed by atoms with Crippen molar-refractivity contribution in [2.45, 2.75) is 57.9 Å². The molecule has 1 unspecified atom stereocenters. The molecule has 130 valence electrons. The number of nitrogens with one attached hydrogen (secondary N) is 1. The maximum absolute atomic E-state index is 12.3. The Hall–Kier alpha value is -1.68. The number of benzene rings is 1. The van der Waals surface area contributed by atoms with Gasteiger partial charge in [0.15, 0.2) is 5.78 Å². The molecule has 1 aromatic rings. The van der Waals surface area contributed by atoms with E-state index < -0.39 is 0 Å². The van der Waals surface area contributed by atoms with E-state index in [2.05, 4.69) is 23.2 Å². The van der Waals surface area contributed by atoms with E-state index in [-0.39, 0.29) is 18.1 Å². The maximum Gasteiger partial charge on any atom is 0.220 e. The summed E-state index contributed by atoms with van der Waals surface area (Å²) in [7, 11) is 0. The van der Waals surface area contributed by atoms with Gasteiger partial charge in [0.1, 0.15) is 0 Å². The van der Waals surface area contributed by atoms with E-state index >= 15 is 0 Å². The molecule has 0 radical (unpaired) electrons. The van der Waals surface area contributed by atoms with Crippen LogP contribution in [0.15, 0.2) is 18.2 Å². The number of carbonyl (C=O) groups is 2. The zero-order valence-corrected chi connectivity index (χ0v) is 14.6. The number of likely N-dealkylation sites (tertiary alicyclic amines) is 1. The Kier molecular flexibility index (Phi) is 5.67. The third-order valence-electron chi connectivity index (χ3n) is 5.44. The molecular formula is C20H28N2O2. The second-order valence-corrected chi connectivity index (χ2v) is 6.99. The van der Waals surface area contributed by atoms with Crippen LogP contribution in [0.5, 0.6) is 0 Å². The van der Waals surface area contributed by atoms with Crippen molar-refractivity contribution >= 4 is 11.7 Å². The van der Waals surface area contributed by atoms with E-state index in [4.69, 9.17) is 0 Å². The van der Waals surface area contributed by atoms with Crippen molar-refractivity contribution in [2.75, 3.05) is 19.6 Å². The van der Waals surface area contributed by atoms with Gasteiger partial charge < -0.3 is 5.32 Å². The Labute approximate surface area is 144 Å². The number of likely N-dealkylation sites (N-methyl/N-ethyl adjacent to an activating group) is 1. The van der Waals surface area contributed by atoms with Crippen molar-refractivity contribution in [3.8, 4) is 0 Å². The summed E-state index contributed by atoms with van der Waals surface area (Å²) in [6.07, 6.45) is 6.34. The molecule has 1 aliphatic heterocycles. The molecule has 1 heterocycles. The number of Topliss-reactive ketones (excluding diaryl/α,β-unsaturated/α-hetero) is 1. The standard InChI is InChI=1S/C20H28N2O2/c1-2-22-12-4-7-18(22)14-21-20(24)11-10-19(23)17-9-8-15-5-3-6-16(15)13-17/h8-9,13,18H,2-7,10-12,14H2,1H3,(H,21,24). The Morgan fingerprint density at radius 3 is 2.83 bits per heavy atom. The summed E-state index contributed by atoms with van der Waals surface area (Å²) in [6, 6.07) is 6.49. The number of hydrogen-bond donors (Lipinski definition) is 1. The number of fused-ring (bicyclic) bond motifs is 1. The molecular weight excluding hydrogens is 300 g/mol. The fourth-order valence-corrected chi connectivity index (χ4v) is 3.98. The highest BCUT2D eigenvalue weighted by Gasteiger charge is 2.23. The topological polar surface area (TPSA) is 49.4 Å². The number of ketones is 1. The zero-order chi connectivity index (χ0) is 16.9. The predicted molar refractivity (Wildman–Crippen MR) is 95.3 cm³/mol. The van der Waals surface area contributed by atoms with Crippen LogP contribution in [-0.2, 0) is 17.6 Å². The summed E-state index contributed by atoms with van der Waals surface area (Å²) in [5.74, 6) is 0.0726. The smallest absolute Gasteiger partial charge is 0.220 e. The number of nitrogens with zero attached hydrogens (tertiary/aromatic N) is 1. The molecule has 1 fully saturated rings. The van der Waals surface area contributed by atoms with Crippen molar-refractivity contribution in [3.05, 3.63) is 34.9 Å². The van der Waals surface area contributed by atoms with Crippen LogP contribution < -0.4 is 5.32 Å². The lowest BCUT2D eigenvalue weighted by atomic mass is 10.0. The first kappa shape index (κ1) is 17.2. The highest BCUT2D eigenvalue weighted by Crippen LogP contribution is 2.23. The first-order valence-electron chi connectivity index (χ1n) is 9.33. The summed E-state index contributed by atoms with van der Waals surface area (Å²) >= 11 is 0. The zero-order valence-electron chi connectivity index (χ0n) is 14.6. The Morgan fingerprint density at radius 2 is 2.00 bits per heavy atom. The normalized spacial score (nSPS) is 20.1. The average molecular weight is 328 g/mol. The molecule has 1 atom stereocenters. The van der Waals surface area contributed by atoms with Gasteiger partial charge in [0, 0.05) is 31.0 Å². The molecule has 1 saturated heterocycles. The number of rotatable bonds is 7. The van der Waals surface area contributed by atoms with Crippen molar-refractivity contribution < 1.29 is 9.59 Å². The van der Waals surface area contributed by atoms with Crippen LogP contribution >= 0.6 is 0 Å². The summed E-state index contributed by atoms with van der Waals surface area (Å²) in [4.78, 5) is 26.8. The molecule has 0 bridgehead atoms. The Balaban J connectivity index is 1.43. The SMILES string of the molecule is CCN1CCCC1CNC(=O)CCC(=O)c1ccc2c(c1)CCC2. The monoisotopic (exact) mass is 328 g/mol. The van der Waals surface area contributed by atoms with Gasteiger partial charge in [0.05, 0.1) is 0 Å². The summed E-state index contributed by atoms with van der Waals surface area (Å²) in [5.41, 5.74) is 3.45. The van der Waals surface area contributed by atoms with E-state index in [0.29, 0.717) is 19.0 Å². The van der Waals surface area contributed by atoms with E-state index in [0.717, 1.165) is 37.9 Å². The minimum Gasteiger partial charge on any atom is -0.355 e. The highest BCUT2D eigenvalue weighted by molar-refractivity contribution is 5.98. The van der Waals surface area contributed by atoms with Crippen molar-refractivity contribution in [3.63, 3.8) is 0 Å². The Morgan fingerprint density at radius 1 is 1.17 bits per heavy atom. The third-order valence-corrected chi connectivity index (χ3v) is 5.44. The number of carbonyl (C=O) groups excluding carboxylic acids is 2. The molecule has 1 amide bonds. The maximum atomic E-state index is 12.3. The second kappa shape index (κ2) is 7.93. The van der Waals surface area contributed by atoms with Crippen LogP contribution in [0, 0.1) is 0 Å². The molecule has 2 aliphatic rings. The van der Waals surface area contributed by atoms with Gasteiger partial charge >= 0.3 is 0 Å². The molecule has 4 heteroatoms. The molecule has 4 nitrogen and oxygen atoms in total. The lowest BCUT2D eigenvalue weighted by Gasteiger charge is -2.22. The van der Waals surface area contributed by atoms with Gasteiger partial charge in [0.2, 0.25) is 5.91 Å². The van der Waals surface area contributed by atoms with Crippen molar-refractivity contribution in [1.82, 2.24) is 10.2 Å². The third kappa shape index (κ3) is 4.04. The minimum atomic E-state index is -0.00698. The Bertz CT molecular complexity index is 612. The van der Waals surface area contributed by atoms with Crippen LogP contribution in [-0.4, -0.2) is 42.3 Å². The van der Waals surface area contributed by atoms with Crippen molar-refractivity contribution in [1.29, 1.82) is 0 Å². The fourth-order valence-electron chi connectivity index (χ4n) is 3.98. The van der Waals surface area contributed by atoms with Crippen LogP contribution in [0.25, 0.3) is 0 Å². The number of aryl methyl sites for hydroxylation is 2. The van der Waals surface area contributed by atoms with E-state index in [9.17, 15) is 9.59 Å². The molecule has 1 aromatic carbocycles. The largest absolute Gasteiger partial charge is 0.355 e. The lowest BCUT2D eigenvalue weighted by molar-refractivity contribution is -0.121. The average Bonchev–Trinajstić information content (AvgIpc) is 3.25. The van der Waals surface area contributed by atoms with Gasteiger partial charge in [-0.2, -0.15) is 0 Å². The van der Waals surface area contributed by atoms with E-state index in [1.165, 1.54) is 24.0 Å². The molecule has 24 heavy (non-hydrogen) atoms. The second-order valence-electron chi connectivity index (χ2n) is 6.99. The first-order chi connectivity index (χ1) is 11.7.